The average Bonchev–Trinajstić information content (AvgIpc) is 3.23. The third kappa shape index (κ3) is 4.71. The number of hydrogen-bond acceptors (Lipinski definition) is 5. The molecular weight excluding hydrogens is 380 g/mol. The molecule has 2 heterocycles. The fourth-order valence-corrected chi connectivity index (χ4v) is 4.09. The molecule has 3 aromatic rings. The molecule has 1 N–H and O–H groups in total. The molecule has 1 atom stereocenters. The van der Waals surface area contributed by atoms with E-state index in [4.69, 9.17) is 9.15 Å². The molecule has 6 heteroatoms. The fourth-order valence-electron chi connectivity index (χ4n) is 4.09. The third-order valence-electron chi connectivity index (χ3n) is 5.56. The summed E-state index contributed by atoms with van der Waals surface area (Å²) in [5.74, 6) is 1.82. The van der Waals surface area contributed by atoms with Gasteiger partial charge in [-0.2, -0.15) is 0 Å². The largest absolute Gasteiger partial charge is 0.496 e. The maximum absolute atomic E-state index is 11.2. The molecule has 1 aromatic heterocycles. The SMILES string of the molecule is COc1ccccc1Cc1cnc([C@H]2CCCN(Cc3cccc(C(=O)O)c3)C2)o1. The summed E-state index contributed by atoms with van der Waals surface area (Å²) in [4.78, 5) is 18.1. The Balaban J connectivity index is 1.41. The van der Waals surface area contributed by atoms with E-state index in [1.807, 2.05) is 36.5 Å². The molecule has 1 saturated heterocycles. The molecule has 156 valence electrons. The lowest BCUT2D eigenvalue weighted by atomic mass is 9.97. The second-order valence-electron chi connectivity index (χ2n) is 7.73. The summed E-state index contributed by atoms with van der Waals surface area (Å²) in [5, 5.41) is 9.20. The number of aromatic nitrogens is 1. The number of aromatic carboxylic acids is 1. The minimum Gasteiger partial charge on any atom is -0.496 e. The van der Waals surface area contributed by atoms with Gasteiger partial charge in [-0.3, -0.25) is 4.90 Å². The smallest absolute Gasteiger partial charge is 0.335 e. The van der Waals surface area contributed by atoms with Crippen molar-refractivity contribution in [2.75, 3.05) is 20.2 Å². The van der Waals surface area contributed by atoms with E-state index in [1.165, 1.54) is 0 Å². The van der Waals surface area contributed by atoms with Gasteiger partial charge in [0.25, 0.3) is 0 Å². The van der Waals surface area contributed by atoms with Gasteiger partial charge in [0, 0.05) is 31.0 Å². The molecule has 0 aliphatic carbocycles. The van der Waals surface area contributed by atoms with Gasteiger partial charge in [0.1, 0.15) is 11.5 Å². The van der Waals surface area contributed by atoms with Crippen LogP contribution in [-0.4, -0.2) is 41.2 Å². The van der Waals surface area contributed by atoms with Crippen LogP contribution < -0.4 is 4.74 Å². The van der Waals surface area contributed by atoms with Crippen LogP contribution in [0.5, 0.6) is 5.75 Å². The van der Waals surface area contributed by atoms with Crippen molar-refractivity contribution in [3.8, 4) is 5.75 Å². The van der Waals surface area contributed by atoms with E-state index >= 15 is 0 Å². The Bertz CT molecular complexity index is 1010. The molecule has 0 amide bonds. The lowest BCUT2D eigenvalue weighted by Crippen LogP contribution is -2.34. The van der Waals surface area contributed by atoms with Gasteiger partial charge in [-0.25, -0.2) is 9.78 Å². The van der Waals surface area contributed by atoms with Crippen LogP contribution in [-0.2, 0) is 13.0 Å². The van der Waals surface area contributed by atoms with Gasteiger partial charge in [-0.15, -0.1) is 0 Å². The summed E-state index contributed by atoms with van der Waals surface area (Å²) in [6.45, 7) is 2.57. The van der Waals surface area contributed by atoms with Crippen LogP contribution in [0.3, 0.4) is 0 Å². The normalized spacial score (nSPS) is 17.0. The predicted molar refractivity (Wildman–Crippen MR) is 113 cm³/mol. The van der Waals surface area contributed by atoms with Crippen molar-refractivity contribution in [1.82, 2.24) is 9.88 Å². The predicted octanol–water partition coefficient (Wildman–Crippen LogP) is 4.35. The van der Waals surface area contributed by atoms with Crippen molar-refractivity contribution in [2.45, 2.75) is 31.7 Å². The number of benzene rings is 2. The number of nitrogens with zero attached hydrogens (tertiary/aromatic N) is 2. The van der Waals surface area contributed by atoms with E-state index in [9.17, 15) is 9.90 Å². The maximum atomic E-state index is 11.2. The van der Waals surface area contributed by atoms with Crippen LogP contribution in [0.25, 0.3) is 0 Å². The zero-order valence-electron chi connectivity index (χ0n) is 17.1. The highest BCUT2D eigenvalue weighted by atomic mass is 16.5. The van der Waals surface area contributed by atoms with Crippen LogP contribution in [0.1, 0.15) is 51.9 Å². The molecule has 2 aromatic carbocycles. The van der Waals surface area contributed by atoms with Gasteiger partial charge in [0.2, 0.25) is 0 Å². The van der Waals surface area contributed by atoms with Crippen molar-refractivity contribution in [1.29, 1.82) is 0 Å². The number of carbonyl (C=O) groups is 1. The van der Waals surface area contributed by atoms with Gasteiger partial charge >= 0.3 is 5.97 Å². The molecule has 1 fully saturated rings. The number of likely N-dealkylation sites (tertiary alicyclic amines) is 1. The summed E-state index contributed by atoms with van der Waals surface area (Å²) in [7, 11) is 1.67. The number of para-hydroxylation sites is 1. The van der Waals surface area contributed by atoms with E-state index in [0.29, 0.717) is 12.0 Å². The second kappa shape index (κ2) is 9.13. The second-order valence-corrected chi connectivity index (χ2v) is 7.73. The molecule has 0 radical (unpaired) electrons. The number of carboxylic acid groups (broad SMARTS) is 1. The molecule has 6 nitrogen and oxygen atoms in total. The number of carboxylic acids is 1. The van der Waals surface area contributed by atoms with Gasteiger partial charge in [0.05, 0.1) is 18.9 Å². The highest BCUT2D eigenvalue weighted by molar-refractivity contribution is 5.87. The lowest BCUT2D eigenvalue weighted by molar-refractivity contribution is 0.0696. The Labute approximate surface area is 176 Å². The third-order valence-corrected chi connectivity index (χ3v) is 5.56. The number of hydrogen-bond donors (Lipinski definition) is 1. The summed E-state index contributed by atoms with van der Waals surface area (Å²) in [6, 6.07) is 15.1. The maximum Gasteiger partial charge on any atom is 0.335 e. The molecule has 1 aliphatic rings. The van der Waals surface area contributed by atoms with E-state index in [2.05, 4.69) is 9.88 Å². The summed E-state index contributed by atoms with van der Waals surface area (Å²) in [5.41, 5.74) is 2.42. The molecule has 4 rings (SSSR count). The Morgan fingerprint density at radius 3 is 2.97 bits per heavy atom. The summed E-state index contributed by atoms with van der Waals surface area (Å²) < 4.78 is 11.5. The number of ether oxygens (including phenoxy) is 1. The summed E-state index contributed by atoms with van der Waals surface area (Å²) in [6.07, 6.45) is 4.57. The Morgan fingerprint density at radius 2 is 2.13 bits per heavy atom. The number of oxazole rings is 1. The van der Waals surface area contributed by atoms with Crippen LogP contribution >= 0.6 is 0 Å². The first-order valence-electron chi connectivity index (χ1n) is 10.2. The van der Waals surface area contributed by atoms with E-state index in [-0.39, 0.29) is 5.92 Å². The van der Waals surface area contributed by atoms with Crippen molar-refractivity contribution >= 4 is 5.97 Å². The Hall–Kier alpha value is -3.12. The monoisotopic (exact) mass is 406 g/mol. The molecule has 0 bridgehead atoms. The van der Waals surface area contributed by atoms with Crippen molar-refractivity contribution in [3.05, 3.63) is 83.1 Å². The molecule has 0 unspecified atom stereocenters. The summed E-state index contributed by atoms with van der Waals surface area (Å²) >= 11 is 0. The average molecular weight is 406 g/mol. The first-order valence-corrected chi connectivity index (χ1v) is 10.2. The minimum absolute atomic E-state index is 0.243. The lowest BCUT2D eigenvalue weighted by Gasteiger charge is -2.31. The van der Waals surface area contributed by atoms with Gasteiger partial charge < -0.3 is 14.3 Å². The standard InChI is InChI=1S/C24H26N2O4/c1-29-22-10-3-2-7-18(22)13-21-14-25-23(30-21)20-9-5-11-26(16-20)15-17-6-4-8-19(12-17)24(27)28/h2-4,6-8,10,12,14,20H,5,9,11,13,15-16H2,1H3,(H,27,28)/t20-/m0/s1. The molecule has 1 aliphatic heterocycles. The van der Waals surface area contributed by atoms with Crippen LogP contribution in [0.4, 0.5) is 0 Å². The zero-order chi connectivity index (χ0) is 20.9. The van der Waals surface area contributed by atoms with Crippen molar-refractivity contribution in [3.63, 3.8) is 0 Å². The molecule has 0 spiro atoms. The first kappa shape index (κ1) is 20.2. The fraction of sp³-hybridized carbons (Fsp3) is 0.333. The zero-order valence-corrected chi connectivity index (χ0v) is 17.1. The quantitative estimate of drug-likeness (QED) is 0.629. The number of methoxy groups -OCH3 is 1. The Morgan fingerprint density at radius 1 is 1.27 bits per heavy atom. The number of piperidine rings is 1. The van der Waals surface area contributed by atoms with E-state index in [1.54, 1.807) is 25.3 Å². The first-order chi connectivity index (χ1) is 14.6. The van der Waals surface area contributed by atoms with Gasteiger partial charge in [0.15, 0.2) is 5.89 Å². The molecule has 30 heavy (non-hydrogen) atoms. The van der Waals surface area contributed by atoms with Crippen molar-refractivity contribution in [2.24, 2.45) is 0 Å². The van der Waals surface area contributed by atoms with Crippen LogP contribution in [0, 0.1) is 0 Å². The van der Waals surface area contributed by atoms with Crippen LogP contribution in [0.15, 0.2) is 59.1 Å². The highest BCUT2D eigenvalue weighted by Crippen LogP contribution is 2.29. The molecular formula is C24H26N2O4. The minimum atomic E-state index is -0.893. The van der Waals surface area contributed by atoms with Gasteiger partial charge in [-0.05, 0) is 43.1 Å². The van der Waals surface area contributed by atoms with Gasteiger partial charge in [-0.1, -0.05) is 30.3 Å². The number of rotatable bonds is 7. The Kier molecular flexibility index (Phi) is 6.14. The molecule has 0 saturated carbocycles. The van der Waals surface area contributed by atoms with E-state index in [0.717, 1.165) is 61.0 Å². The van der Waals surface area contributed by atoms with Crippen molar-refractivity contribution < 1.29 is 19.1 Å². The van der Waals surface area contributed by atoms with E-state index < -0.39 is 5.97 Å². The van der Waals surface area contributed by atoms with Crippen LogP contribution in [0.2, 0.25) is 0 Å². The highest BCUT2D eigenvalue weighted by Gasteiger charge is 2.25. The topological polar surface area (TPSA) is 75.8 Å².